The summed E-state index contributed by atoms with van der Waals surface area (Å²) < 4.78 is 0. The van der Waals surface area contributed by atoms with E-state index in [0.29, 0.717) is 36.6 Å². The highest BCUT2D eigenvalue weighted by Crippen LogP contribution is 2.22. The van der Waals surface area contributed by atoms with Crippen LogP contribution in [0, 0.1) is 0 Å². The van der Waals surface area contributed by atoms with Gasteiger partial charge in [0.1, 0.15) is 0 Å². The molecule has 1 heterocycles. The number of benzene rings is 1. The lowest BCUT2D eigenvalue weighted by Crippen LogP contribution is -2.50. The van der Waals surface area contributed by atoms with Crippen LogP contribution >= 0.6 is 11.6 Å². The van der Waals surface area contributed by atoms with Gasteiger partial charge in [-0.2, -0.15) is 0 Å². The van der Waals surface area contributed by atoms with Gasteiger partial charge < -0.3 is 15.5 Å². The third-order valence-electron chi connectivity index (χ3n) is 3.80. The molecule has 22 heavy (non-hydrogen) atoms. The molecule has 1 aromatic carbocycles. The molecule has 1 saturated heterocycles. The van der Waals surface area contributed by atoms with Crippen molar-refractivity contribution >= 4 is 29.6 Å². The average molecular weight is 325 g/mol. The monoisotopic (exact) mass is 324 g/mol. The zero-order valence-corrected chi connectivity index (χ0v) is 13.4. The van der Waals surface area contributed by atoms with Gasteiger partial charge in [0.15, 0.2) is 0 Å². The summed E-state index contributed by atoms with van der Waals surface area (Å²) in [6.07, 6.45) is 0.705. The Kier molecular flexibility index (Phi) is 6.03. The molecule has 2 N–H and O–H groups in total. The molecule has 6 nitrogen and oxygen atoms in total. The molecule has 7 heteroatoms. The van der Waals surface area contributed by atoms with Crippen LogP contribution in [0.2, 0.25) is 5.02 Å². The number of carbonyl (C=O) groups is 2. The highest BCUT2D eigenvalue weighted by Gasteiger charge is 2.23. The number of hydrogen-bond acceptors (Lipinski definition) is 4. The van der Waals surface area contributed by atoms with E-state index in [4.69, 9.17) is 11.6 Å². The third kappa shape index (κ3) is 4.11. The summed E-state index contributed by atoms with van der Waals surface area (Å²) in [7, 11) is 1.81. The first kappa shape index (κ1) is 16.6. The molecule has 0 atom stereocenters. The Morgan fingerprint density at radius 1 is 1.32 bits per heavy atom. The van der Waals surface area contributed by atoms with Crippen LogP contribution in [0.15, 0.2) is 18.2 Å². The first-order valence-electron chi connectivity index (χ1n) is 7.31. The van der Waals surface area contributed by atoms with E-state index in [0.717, 1.165) is 25.3 Å². The third-order valence-corrected chi connectivity index (χ3v) is 4.12. The highest BCUT2D eigenvalue weighted by atomic mass is 35.5. The first-order valence-corrected chi connectivity index (χ1v) is 7.69. The quantitative estimate of drug-likeness (QED) is 0.602. The van der Waals surface area contributed by atoms with Crippen molar-refractivity contribution in [3.05, 3.63) is 28.8 Å². The predicted octanol–water partition coefficient (Wildman–Crippen LogP) is 0.886. The van der Waals surface area contributed by atoms with Gasteiger partial charge in [-0.15, -0.1) is 0 Å². The fourth-order valence-corrected chi connectivity index (χ4v) is 2.73. The second kappa shape index (κ2) is 8.00. The van der Waals surface area contributed by atoms with E-state index in [1.165, 1.54) is 0 Å². The van der Waals surface area contributed by atoms with Crippen LogP contribution < -0.4 is 10.6 Å². The molecular weight excluding hydrogens is 304 g/mol. The molecule has 0 aliphatic carbocycles. The van der Waals surface area contributed by atoms with Crippen LogP contribution in [0.5, 0.6) is 0 Å². The fourth-order valence-electron chi connectivity index (χ4n) is 2.47. The molecule has 1 aliphatic rings. The van der Waals surface area contributed by atoms with E-state index in [1.807, 2.05) is 18.0 Å². The molecule has 120 valence electrons. The summed E-state index contributed by atoms with van der Waals surface area (Å²) in [4.78, 5) is 26.8. The standard InChI is InChI=1S/C15H21ClN4O2/c1-17-12-2-3-13(14(16)10-12)15(22)20-8-6-19(7-9-20)5-4-18-11-21/h2-3,10-11,17H,4-9H2,1H3,(H,18,21). The normalized spacial score (nSPS) is 15.5. The van der Waals surface area contributed by atoms with E-state index in [1.54, 1.807) is 12.1 Å². The van der Waals surface area contributed by atoms with Gasteiger partial charge >= 0.3 is 0 Å². The summed E-state index contributed by atoms with van der Waals surface area (Å²) in [6, 6.07) is 5.37. The van der Waals surface area contributed by atoms with Crippen molar-refractivity contribution in [2.24, 2.45) is 0 Å². The van der Waals surface area contributed by atoms with Crippen molar-refractivity contribution in [2.45, 2.75) is 0 Å². The van der Waals surface area contributed by atoms with Gasteiger partial charge in [0.2, 0.25) is 6.41 Å². The average Bonchev–Trinajstić information content (AvgIpc) is 2.55. The van der Waals surface area contributed by atoms with Crippen molar-refractivity contribution in [3.8, 4) is 0 Å². The van der Waals surface area contributed by atoms with Gasteiger partial charge in [-0.1, -0.05) is 11.6 Å². The van der Waals surface area contributed by atoms with Gasteiger partial charge in [0, 0.05) is 52.0 Å². The van der Waals surface area contributed by atoms with E-state index in [9.17, 15) is 9.59 Å². The first-order chi connectivity index (χ1) is 10.7. The van der Waals surface area contributed by atoms with E-state index in [-0.39, 0.29) is 5.91 Å². The molecule has 1 aromatic rings. The molecule has 0 bridgehead atoms. The summed E-state index contributed by atoms with van der Waals surface area (Å²) in [5.74, 6) is -0.0293. The molecule has 0 saturated carbocycles. The molecule has 1 aliphatic heterocycles. The lowest BCUT2D eigenvalue weighted by molar-refractivity contribution is -0.109. The van der Waals surface area contributed by atoms with Crippen molar-refractivity contribution in [1.82, 2.24) is 15.1 Å². The van der Waals surface area contributed by atoms with Gasteiger partial charge in [-0.25, -0.2) is 0 Å². The minimum absolute atomic E-state index is 0.0293. The van der Waals surface area contributed by atoms with Crippen molar-refractivity contribution in [1.29, 1.82) is 0 Å². The van der Waals surface area contributed by atoms with Crippen LogP contribution in [0.3, 0.4) is 0 Å². The van der Waals surface area contributed by atoms with Crippen molar-refractivity contribution < 1.29 is 9.59 Å². The molecule has 0 aromatic heterocycles. The smallest absolute Gasteiger partial charge is 0.255 e. The Bertz CT molecular complexity index is 530. The number of rotatable bonds is 6. The summed E-state index contributed by atoms with van der Waals surface area (Å²) in [6.45, 7) is 4.39. The highest BCUT2D eigenvalue weighted by molar-refractivity contribution is 6.34. The predicted molar refractivity (Wildman–Crippen MR) is 87.4 cm³/mol. The molecule has 0 radical (unpaired) electrons. The SMILES string of the molecule is CNc1ccc(C(=O)N2CCN(CCNC=O)CC2)c(Cl)c1. The lowest BCUT2D eigenvalue weighted by atomic mass is 10.1. The number of hydrogen-bond donors (Lipinski definition) is 2. The zero-order chi connectivity index (χ0) is 15.9. The molecule has 0 spiro atoms. The summed E-state index contributed by atoms with van der Waals surface area (Å²) in [5, 5.41) is 6.11. The Hall–Kier alpha value is -1.79. The zero-order valence-electron chi connectivity index (χ0n) is 12.6. The van der Waals surface area contributed by atoms with Crippen molar-refractivity contribution in [2.75, 3.05) is 51.6 Å². The number of piperazine rings is 1. The Morgan fingerprint density at radius 3 is 2.64 bits per heavy atom. The minimum atomic E-state index is -0.0293. The van der Waals surface area contributed by atoms with Crippen LogP contribution in [0.1, 0.15) is 10.4 Å². The van der Waals surface area contributed by atoms with Crippen LogP contribution in [-0.2, 0) is 4.79 Å². The molecular formula is C15H21ClN4O2. The number of amides is 2. The molecule has 1 fully saturated rings. The molecule has 2 amide bonds. The van der Waals surface area contributed by atoms with E-state index in [2.05, 4.69) is 15.5 Å². The Labute approximate surface area is 135 Å². The largest absolute Gasteiger partial charge is 0.388 e. The fraction of sp³-hybridized carbons (Fsp3) is 0.467. The minimum Gasteiger partial charge on any atom is -0.388 e. The number of carbonyl (C=O) groups excluding carboxylic acids is 2. The van der Waals surface area contributed by atoms with Crippen LogP contribution in [0.4, 0.5) is 5.69 Å². The Morgan fingerprint density at radius 2 is 2.05 bits per heavy atom. The number of nitrogens with one attached hydrogen (secondary N) is 2. The van der Waals surface area contributed by atoms with Crippen molar-refractivity contribution in [3.63, 3.8) is 0 Å². The van der Waals surface area contributed by atoms with E-state index < -0.39 is 0 Å². The maximum atomic E-state index is 12.5. The summed E-state index contributed by atoms with van der Waals surface area (Å²) >= 11 is 6.20. The van der Waals surface area contributed by atoms with Gasteiger partial charge in [0.25, 0.3) is 5.91 Å². The van der Waals surface area contributed by atoms with Crippen LogP contribution in [0.25, 0.3) is 0 Å². The maximum absolute atomic E-state index is 12.5. The second-order valence-corrected chi connectivity index (χ2v) is 5.56. The topological polar surface area (TPSA) is 64.7 Å². The maximum Gasteiger partial charge on any atom is 0.255 e. The molecule has 0 unspecified atom stereocenters. The lowest BCUT2D eigenvalue weighted by Gasteiger charge is -2.34. The van der Waals surface area contributed by atoms with Gasteiger partial charge in [-0.3, -0.25) is 14.5 Å². The van der Waals surface area contributed by atoms with Gasteiger partial charge in [-0.05, 0) is 18.2 Å². The van der Waals surface area contributed by atoms with E-state index >= 15 is 0 Å². The van der Waals surface area contributed by atoms with Gasteiger partial charge in [0.05, 0.1) is 10.6 Å². The number of halogens is 1. The number of anilines is 1. The summed E-state index contributed by atoms with van der Waals surface area (Å²) in [5.41, 5.74) is 1.42. The number of nitrogens with zero attached hydrogens (tertiary/aromatic N) is 2. The Balaban J connectivity index is 1.91. The molecule has 2 rings (SSSR count). The second-order valence-electron chi connectivity index (χ2n) is 5.15. The van der Waals surface area contributed by atoms with Crippen LogP contribution in [-0.4, -0.2) is 68.4 Å².